The highest BCUT2D eigenvalue weighted by atomic mass is 16.5. The number of nitrogens with one attached hydrogen (secondary N) is 2. The maximum Gasteiger partial charge on any atom is 0.316 e. The van der Waals surface area contributed by atoms with Crippen LogP contribution in [0.15, 0.2) is 42.5 Å². The molecule has 0 aliphatic carbocycles. The van der Waals surface area contributed by atoms with Gasteiger partial charge in [0.1, 0.15) is 0 Å². The van der Waals surface area contributed by atoms with E-state index in [4.69, 9.17) is 15.2 Å². The van der Waals surface area contributed by atoms with Crippen molar-refractivity contribution in [3.63, 3.8) is 0 Å². The van der Waals surface area contributed by atoms with E-state index in [1.54, 1.807) is 30.3 Å². The van der Waals surface area contributed by atoms with E-state index in [-0.39, 0.29) is 11.9 Å². The van der Waals surface area contributed by atoms with Crippen LogP contribution in [-0.4, -0.2) is 25.7 Å². The Hall–Kier alpha value is -3.22. The fraction of sp³-hybridized carbons (Fsp3) is 0.263. The fourth-order valence-electron chi connectivity index (χ4n) is 2.44. The van der Waals surface area contributed by atoms with Crippen molar-refractivity contribution in [2.24, 2.45) is 5.73 Å². The summed E-state index contributed by atoms with van der Waals surface area (Å²) in [5.74, 6) is 0.879. The monoisotopic (exact) mass is 357 g/mol. The van der Waals surface area contributed by atoms with Crippen LogP contribution in [0, 0.1) is 0 Å². The van der Waals surface area contributed by atoms with E-state index < -0.39 is 6.03 Å². The number of rotatable bonds is 7. The number of hydrogen-bond acceptors (Lipinski definition) is 4. The maximum atomic E-state index is 12.5. The van der Waals surface area contributed by atoms with Gasteiger partial charge in [0.15, 0.2) is 11.5 Å². The molecule has 0 aromatic heterocycles. The van der Waals surface area contributed by atoms with E-state index in [2.05, 4.69) is 10.6 Å². The van der Waals surface area contributed by atoms with Gasteiger partial charge in [-0.25, -0.2) is 4.79 Å². The van der Waals surface area contributed by atoms with E-state index in [1.165, 1.54) is 7.11 Å². The zero-order chi connectivity index (χ0) is 19.1. The SMILES string of the molecule is CCOc1ccc(C(=O)N[C@H](C)c2ccc(NC(N)=O)cc2)cc1OC. The van der Waals surface area contributed by atoms with Crippen LogP contribution < -0.4 is 25.8 Å². The quantitative estimate of drug-likeness (QED) is 0.708. The van der Waals surface area contributed by atoms with Crippen LogP contribution in [-0.2, 0) is 0 Å². The van der Waals surface area contributed by atoms with Gasteiger partial charge in [-0.3, -0.25) is 4.79 Å². The molecule has 26 heavy (non-hydrogen) atoms. The minimum absolute atomic E-state index is 0.220. The van der Waals surface area contributed by atoms with Gasteiger partial charge >= 0.3 is 6.03 Å². The zero-order valence-electron chi connectivity index (χ0n) is 15.0. The lowest BCUT2D eigenvalue weighted by molar-refractivity contribution is 0.0939. The largest absolute Gasteiger partial charge is 0.493 e. The molecule has 2 aromatic carbocycles. The van der Waals surface area contributed by atoms with Gasteiger partial charge in [0.05, 0.1) is 19.8 Å². The number of primary amides is 1. The van der Waals surface area contributed by atoms with Crippen molar-refractivity contribution in [2.75, 3.05) is 19.0 Å². The van der Waals surface area contributed by atoms with Crippen molar-refractivity contribution < 1.29 is 19.1 Å². The molecule has 0 saturated heterocycles. The van der Waals surface area contributed by atoms with E-state index in [0.29, 0.717) is 29.4 Å². The molecule has 7 heteroatoms. The third kappa shape index (κ3) is 4.89. The molecular weight excluding hydrogens is 334 g/mol. The molecule has 0 aliphatic heterocycles. The maximum absolute atomic E-state index is 12.5. The highest BCUT2D eigenvalue weighted by Gasteiger charge is 2.14. The van der Waals surface area contributed by atoms with Crippen molar-refractivity contribution in [3.8, 4) is 11.5 Å². The predicted molar refractivity (Wildman–Crippen MR) is 99.7 cm³/mol. The molecule has 138 valence electrons. The summed E-state index contributed by atoms with van der Waals surface area (Å²) in [4.78, 5) is 23.3. The highest BCUT2D eigenvalue weighted by Crippen LogP contribution is 2.28. The van der Waals surface area contributed by atoms with Crippen LogP contribution in [0.2, 0.25) is 0 Å². The number of anilines is 1. The lowest BCUT2D eigenvalue weighted by atomic mass is 10.1. The lowest BCUT2D eigenvalue weighted by Gasteiger charge is -2.16. The summed E-state index contributed by atoms with van der Waals surface area (Å²) < 4.78 is 10.7. The van der Waals surface area contributed by atoms with Crippen LogP contribution in [0.4, 0.5) is 10.5 Å². The molecule has 7 nitrogen and oxygen atoms in total. The lowest BCUT2D eigenvalue weighted by Crippen LogP contribution is -2.26. The summed E-state index contributed by atoms with van der Waals surface area (Å²) in [6.07, 6.45) is 0. The Labute approximate surface area is 152 Å². The molecule has 1 atom stereocenters. The first-order valence-corrected chi connectivity index (χ1v) is 8.22. The van der Waals surface area contributed by atoms with Gasteiger partial charge in [0.2, 0.25) is 0 Å². The molecule has 2 rings (SSSR count). The van der Waals surface area contributed by atoms with Crippen molar-refractivity contribution in [2.45, 2.75) is 19.9 Å². The Morgan fingerprint density at radius 1 is 1.12 bits per heavy atom. The molecule has 4 N–H and O–H groups in total. The summed E-state index contributed by atoms with van der Waals surface area (Å²) in [7, 11) is 1.53. The molecule has 0 heterocycles. The van der Waals surface area contributed by atoms with Crippen LogP contribution in [0.3, 0.4) is 0 Å². The average molecular weight is 357 g/mol. The second kappa shape index (κ2) is 8.75. The Morgan fingerprint density at radius 2 is 1.81 bits per heavy atom. The summed E-state index contributed by atoms with van der Waals surface area (Å²) in [6.45, 7) is 4.27. The normalized spacial score (nSPS) is 11.3. The van der Waals surface area contributed by atoms with Crippen molar-refractivity contribution in [1.29, 1.82) is 0 Å². The molecule has 0 bridgehead atoms. The topological polar surface area (TPSA) is 103 Å². The van der Waals surface area contributed by atoms with Crippen molar-refractivity contribution in [1.82, 2.24) is 5.32 Å². The standard InChI is InChI=1S/C19H23N3O4/c1-4-26-16-10-7-14(11-17(16)25-3)18(23)21-12(2)13-5-8-15(9-6-13)22-19(20)24/h5-12H,4H2,1-3H3,(H,21,23)(H3,20,22,24)/t12-/m1/s1. The van der Waals surface area contributed by atoms with Gasteiger partial charge in [-0.1, -0.05) is 12.1 Å². The van der Waals surface area contributed by atoms with E-state index in [9.17, 15) is 9.59 Å². The number of carbonyl (C=O) groups excluding carboxylic acids is 2. The second-order valence-electron chi connectivity index (χ2n) is 5.61. The first kappa shape index (κ1) is 19.1. The Morgan fingerprint density at radius 3 is 2.38 bits per heavy atom. The van der Waals surface area contributed by atoms with Gasteiger partial charge in [-0.2, -0.15) is 0 Å². The number of carbonyl (C=O) groups is 2. The number of nitrogens with two attached hydrogens (primary N) is 1. The summed E-state index contributed by atoms with van der Waals surface area (Å²) in [5, 5.41) is 5.42. The van der Waals surface area contributed by atoms with Crippen LogP contribution >= 0.6 is 0 Å². The molecule has 0 fully saturated rings. The smallest absolute Gasteiger partial charge is 0.316 e. The van der Waals surface area contributed by atoms with Crippen LogP contribution in [0.1, 0.15) is 35.8 Å². The van der Waals surface area contributed by atoms with Crippen molar-refractivity contribution >= 4 is 17.6 Å². The van der Waals surface area contributed by atoms with Gasteiger partial charge in [0, 0.05) is 11.3 Å². The Balaban J connectivity index is 2.07. The van der Waals surface area contributed by atoms with E-state index >= 15 is 0 Å². The molecule has 0 saturated carbocycles. The summed E-state index contributed by atoms with van der Waals surface area (Å²) in [5.41, 5.74) is 7.04. The minimum atomic E-state index is -0.622. The van der Waals surface area contributed by atoms with Crippen LogP contribution in [0.5, 0.6) is 11.5 Å². The number of amides is 3. The van der Waals surface area contributed by atoms with Gasteiger partial charge in [-0.15, -0.1) is 0 Å². The Bertz CT molecular complexity index is 775. The first-order valence-electron chi connectivity index (χ1n) is 8.22. The van der Waals surface area contributed by atoms with Gasteiger partial charge < -0.3 is 25.8 Å². The molecular formula is C19H23N3O4. The van der Waals surface area contributed by atoms with Gasteiger partial charge in [0.25, 0.3) is 5.91 Å². The van der Waals surface area contributed by atoms with Crippen LogP contribution in [0.25, 0.3) is 0 Å². The minimum Gasteiger partial charge on any atom is -0.493 e. The number of ether oxygens (including phenoxy) is 2. The average Bonchev–Trinajstić information content (AvgIpc) is 2.62. The fourth-order valence-corrected chi connectivity index (χ4v) is 2.44. The van der Waals surface area contributed by atoms with Gasteiger partial charge in [-0.05, 0) is 49.7 Å². The third-order valence-corrected chi connectivity index (χ3v) is 3.75. The number of methoxy groups -OCH3 is 1. The highest BCUT2D eigenvalue weighted by molar-refractivity contribution is 5.95. The number of benzene rings is 2. The van der Waals surface area contributed by atoms with E-state index in [0.717, 1.165) is 5.56 Å². The predicted octanol–water partition coefficient (Wildman–Crippen LogP) is 3.08. The summed E-state index contributed by atoms with van der Waals surface area (Å²) >= 11 is 0. The zero-order valence-corrected chi connectivity index (χ0v) is 15.0. The summed E-state index contributed by atoms with van der Waals surface area (Å²) in [6, 6.07) is 11.3. The second-order valence-corrected chi connectivity index (χ2v) is 5.61. The molecule has 0 spiro atoms. The number of hydrogen-bond donors (Lipinski definition) is 3. The van der Waals surface area contributed by atoms with E-state index in [1.807, 2.05) is 26.0 Å². The molecule has 0 aliphatic rings. The Kier molecular flexibility index (Phi) is 6.43. The first-order chi connectivity index (χ1) is 12.4. The molecule has 3 amide bonds. The number of urea groups is 1. The molecule has 2 aromatic rings. The third-order valence-electron chi connectivity index (χ3n) is 3.75. The molecule has 0 radical (unpaired) electrons. The van der Waals surface area contributed by atoms with Crippen molar-refractivity contribution in [3.05, 3.63) is 53.6 Å². The molecule has 0 unspecified atom stereocenters.